The van der Waals surface area contributed by atoms with E-state index in [1.807, 2.05) is 30.3 Å². The van der Waals surface area contributed by atoms with E-state index in [0.29, 0.717) is 17.1 Å². The fraction of sp³-hybridized carbons (Fsp3) is 0.100. The van der Waals surface area contributed by atoms with Crippen molar-refractivity contribution in [3.05, 3.63) is 54.1 Å². The van der Waals surface area contributed by atoms with E-state index in [2.05, 4.69) is 6.07 Å². The zero-order valence-electron chi connectivity index (χ0n) is 14.5. The molecule has 1 N–H and O–H groups in total. The van der Waals surface area contributed by atoms with Gasteiger partial charge in [0.15, 0.2) is 6.61 Å². The van der Waals surface area contributed by atoms with Crippen molar-refractivity contribution in [2.45, 2.75) is 0 Å². The third kappa shape index (κ3) is 5.03. The normalized spacial score (nSPS) is 10.6. The van der Waals surface area contributed by atoms with Crippen LogP contribution in [0.25, 0.3) is 26.6 Å². The Morgan fingerprint density at radius 3 is 2.67 bits per heavy atom. The molecule has 0 aliphatic carbocycles. The van der Waals surface area contributed by atoms with Crippen molar-refractivity contribution in [1.29, 1.82) is 0 Å². The molecular weight excluding hydrogens is 441 g/mol. The molecule has 1 aromatic heterocycles. The summed E-state index contributed by atoms with van der Waals surface area (Å²) in [7, 11) is 1.54. The number of hydrogen-bond donors (Lipinski definition) is 1. The zero-order chi connectivity index (χ0) is 18.5. The predicted octanol–water partition coefficient (Wildman–Crippen LogP) is 4.16. The van der Waals surface area contributed by atoms with Gasteiger partial charge in [-0.15, -0.1) is 11.3 Å². The Balaban J connectivity index is 0.00000261. The number of carbonyl (C=O) groups excluding carboxylic acids is 1. The summed E-state index contributed by atoms with van der Waals surface area (Å²) < 4.78 is 12.0. The SMILES string of the molecule is COc1cc(OCC(=O)O)c(/C=C/[C-]=O)cc1-c1cc2ccccc2s1.[Y]. The van der Waals surface area contributed by atoms with Gasteiger partial charge in [0.25, 0.3) is 0 Å². The average molecular weight is 456 g/mol. The average Bonchev–Trinajstić information content (AvgIpc) is 3.08. The summed E-state index contributed by atoms with van der Waals surface area (Å²) in [6, 6.07) is 13.6. The van der Waals surface area contributed by atoms with Gasteiger partial charge in [-0.05, 0) is 23.8 Å². The van der Waals surface area contributed by atoms with E-state index >= 15 is 0 Å². The van der Waals surface area contributed by atoms with E-state index in [-0.39, 0.29) is 32.7 Å². The molecule has 0 aliphatic heterocycles. The molecule has 27 heavy (non-hydrogen) atoms. The number of carboxylic acids is 1. The van der Waals surface area contributed by atoms with Crippen molar-refractivity contribution in [3.8, 4) is 21.9 Å². The molecular formula is C20H15O5SY-. The van der Waals surface area contributed by atoms with E-state index in [4.69, 9.17) is 14.6 Å². The minimum Gasteiger partial charge on any atom is -0.496 e. The van der Waals surface area contributed by atoms with Crippen LogP contribution in [0.4, 0.5) is 0 Å². The molecule has 1 heterocycles. The number of rotatable bonds is 7. The second kappa shape index (κ2) is 9.78. The number of ether oxygens (including phenoxy) is 2. The Morgan fingerprint density at radius 2 is 2.00 bits per heavy atom. The Labute approximate surface area is 185 Å². The van der Waals surface area contributed by atoms with Crippen molar-refractivity contribution in [2.75, 3.05) is 13.7 Å². The van der Waals surface area contributed by atoms with Crippen LogP contribution in [-0.4, -0.2) is 31.1 Å². The molecule has 0 saturated carbocycles. The van der Waals surface area contributed by atoms with Crippen molar-refractivity contribution in [1.82, 2.24) is 0 Å². The number of thiophene rings is 1. The number of carboxylic acid groups (broad SMARTS) is 1. The van der Waals surface area contributed by atoms with E-state index in [9.17, 15) is 9.59 Å². The summed E-state index contributed by atoms with van der Waals surface area (Å²) in [4.78, 5) is 22.4. The second-order valence-corrected chi connectivity index (χ2v) is 6.46. The van der Waals surface area contributed by atoms with E-state index in [0.717, 1.165) is 20.5 Å². The topological polar surface area (TPSA) is 72.8 Å². The first kappa shape index (κ1) is 21.3. The number of carbonyl (C=O) groups is 1. The molecule has 1 radical (unpaired) electrons. The van der Waals surface area contributed by atoms with Gasteiger partial charge in [0, 0.05) is 53.9 Å². The van der Waals surface area contributed by atoms with Crippen molar-refractivity contribution >= 4 is 39.8 Å². The fourth-order valence-electron chi connectivity index (χ4n) is 2.57. The molecule has 7 heteroatoms. The van der Waals surface area contributed by atoms with Crippen LogP contribution >= 0.6 is 11.3 Å². The Morgan fingerprint density at radius 1 is 1.22 bits per heavy atom. The van der Waals surface area contributed by atoms with Gasteiger partial charge >= 0.3 is 5.97 Å². The van der Waals surface area contributed by atoms with Gasteiger partial charge in [-0.25, -0.2) is 4.79 Å². The minimum absolute atomic E-state index is 0. The number of hydrogen-bond acceptors (Lipinski definition) is 5. The molecule has 135 valence electrons. The molecule has 0 saturated heterocycles. The van der Waals surface area contributed by atoms with Crippen LogP contribution in [0.2, 0.25) is 0 Å². The zero-order valence-corrected chi connectivity index (χ0v) is 18.1. The Hall–Kier alpha value is -2.02. The van der Waals surface area contributed by atoms with Gasteiger partial charge in [-0.1, -0.05) is 29.8 Å². The quantitative estimate of drug-likeness (QED) is 0.427. The predicted molar refractivity (Wildman–Crippen MR) is 102 cm³/mol. The van der Waals surface area contributed by atoms with Crippen LogP contribution < -0.4 is 9.47 Å². The first-order chi connectivity index (χ1) is 12.6. The third-order valence-electron chi connectivity index (χ3n) is 3.70. The maximum atomic E-state index is 10.8. The van der Waals surface area contributed by atoms with Crippen LogP contribution in [0.15, 0.2) is 48.5 Å². The van der Waals surface area contributed by atoms with Gasteiger partial charge in [-0.3, -0.25) is 0 Å². The Bertz CT molecular complexity index is 960. The summed E-state index contributed by atoms with van der Waals surface area (Å²) in [5.74, 6) is -0.209. The molecule has 0 amide bonds. The largest absolute Gasteiger partial charge is 0.496 e. The van der Waals surface area contributed by atoms with Crippen molar-refractivity contribution in [2.24, 2.45) is 0 Å². The first-order valence-electron chi connectivity index (χ1n) is 7.72. The molecule has 0 unspecified atom stereocenters. The maximum Gasteiger partial charge on any atom is 0.341 e. The summed E-state index contributed by atoms with van der Waals surface area (Å²) in [5, 5.41) is 9.97. The van der Waals surface area contributed by atoms with Crippen LogP contribution in [0, 0.1) is 0 Å². The second-order valence-electron chi connectivity index (χ2n) is 5.37. The number of benzene rings is 2. The first-order valence-corrected chi connectivity index (χ1v) is 8.54. The van der Waals surface area contributed by atoms with Gasteiger partial charge in [0.2, 0.25) is 0 Å². The molecule has 5 nitrogen and oxygen atoms in total. The Kier molecular flexibility index (Phi) is 7.71. The van der Waals surface area contributed by atoms with Crippen LogP contribution in [-0.2, 0) is 42.3 Å². The third-order valence-corrected chi connectivity index (χ3v) is 4.85. The van der Waals surface area contributed by atoms with Crippen molar-refractivity contribution < 1.29 is 56.9 Å². The van der Waals surface area contributed by atoms with Gasteiger partial charge in [0.1, 0.15) is 11.5 Å². The smallest absolute Gasteiger partial charge is 0.341 e. The number of fused-ring (bicyclic) bond motifs is 1. The molecule has 0 fully saturated rings. The summed E-state index contributed by atoms with van der Waals surface area (Å²) >= 11 is 1.62. The molecule has 3 rings (SSSR count). The van der Waals surface area contributed by atoms with Crippen LogP contribution in [0.1, 0.15) is 5.56 Å². The van der Waals surface area contributed by atoms with Gasteiger partial charge in [0.05, 0.1) is 7.11 Å². The van der Waals surface area contributed by atoms with Crippen LogP contribution in [0.3, 0.4) is 0 Å². The summed E-state index contributed by atoms with van der Waals surface area (Å²) in [6.07, 6.45) is 4.43. The van der Waals surface area contributed by atoms with Gasteiger partial charge < -0.3 is 19.4 Å². The molecule has 2 aromatic carbocycles. The number of allylic oxidation sites excluding steroid dienone is 1. The molecule has 0 bridgehead atoms. The molecule has 0 atom stereocenters. The van der Waals surface area contributed by atoms with E-state index < -0.39 is 12.6 Å². The number of aliphatic carboxylic acids is 1. The van der Waals surface area contributed by atoms with E-state index in [1.165, 1.54) is 12.2 Å². The number of methoxy groups -OCH3 is 1. The summed E-state index contributed by atoms with van der Waals surface area (Å²) in [5.41, 5.74) is 1.41. The minimum atomic E-state index is -1.09. The van der Waals surface area contributed by atoms with Gasteiger partial charge in [-0.2, -0.15) is 12.2 Å². The molecule has 0 spiro atoms. The monoisotopic (exact) mass is 456 g/mol. The molecule has 0 aliphatic rings. The van der Waals surface area contributed by atoms with E-state index in [1.54, 1.807) is 30.8 Å². The maximum absolute atomic E-state index is 10.8. The standard InChI is InChI=1S/C20H15O5S.Y/c1-24-17-11-16(25-12-20(22)23)13(6-4-8-21)9-15(17)19-10-14-5-2-3-7-18(14)26-19;/h2-7,9-11H,12H2,1H3,(H,22,23);/q-1;/b6-4+;. The fourth-order valence-corrected chi connectivity index (χ4v) is 3.66. The van der Waals surface area contributed by atoms with Crippen LogP contribution in [0.5, 0.6) is 11.5 Å². The molecule has 3 aromatic rings. The van der Waals surface area contributed by atoms with Crippen molar-refractivity contribution in [3.63, 3.8) is 0 Å². The summed E-state index contributed by atoms with van der Waals surface area (Å²) in [6.45, 7) is -0.489.